The van der Waals surface area contributed by atoms with E-state index in [9.17, 15) is 14.9 Å². The minimum Gasteiger partial charge on any atom is -0.267 e. The van der Waals surface area contributed by atoms with Gasteiger partial charge in [-0.1, -0.05) is 36.4 Å². The van der Waals surface area contributed by atoms with Crippen LogP contribution in [0.2, 0.25) is 0 Å². The van der Waals surface area contributed by atoms with Gasteiger partial charge in [-0.3, -0.25) is 19.9 Å². The van der Waals surface area contributed by atoms with Crippen LogP contribution in [-0.2, 0) is 0 Å². The molecule has 0 unspecified atom stereocenters. The maximum Gasteiger partial charge on any atom is 0.271 e. The van der Waals surface area contributed by atoms with E-state index in [1.807, 2.05) is 36.4 Å². The molecule has 1 heterocycles. The van der Waals surface area contributed by atoms with Gasteiger partial charge in [0.05, 0.1) is 10.6 Å². The molecule has 0 spiro atoms. The molecule has 0 atom stereocenters. The Bertz CT molecular complexity index is 898. The van der Waals surface area contributed by atoms with Gasteiger partial charge >= 0.3 is 0 Å². The quantitative estimate of drug-likeness (QED) is 0.436. The van der Waals surface area contributed by atoms with Crippen LogP contribution in [0.4, 0.5) is 5.69 Å². The van der Waals surface area contributed by atoms with Crippen LogP contribution in [0.25, 0.3) is 0 Å². The number of nitro groups is 1. The molecule has 3 rings (SSSR count). The number of nitrogens with zero attached hydrogens (tertiary/aromatic N) is 3. The fourth-order valence-electron chi connectivity index (χ4n) is 2.27. The molecule has 0 saturated carbocycles. The first-order valence-electron chi connectivity index (χ1n) is 7.74. The summed E-state index contributed by atoms with van der Waals surface area (Å²) in [6.07, 6.45) is 1.64. The van der Waals surface area contributed by atoms with Crippen molar-refractivity contribution in [3.63, 3.8) is 0 Å². The third-order valence-electron chi connectivity index (χ3n) is 3.56. The number of pyridine rings is 1. The van der Waals surface area contributed by atoms with Crippen molar-refractivity contribution in [2.45, 2.75) is 0 Å². The maximum atomic E-state index is 12.3. The number of nitrogens with one attached hydrogen (secondary N) is 1. The summed E-state index contributed by atoms with van der Waals surface area (Å²) in [5.74, 6) is -0.468. The minimum atomic E-state index is -0.519. The summed E-state index contributed by atoms with van der Waals surface area (Å²) in [5.41, 5.74) is 4.60. The highest BCUT2D eigenvalue weighted by atomic mass is 16.6. The van der Waals surface area contributed by atoms with Crippen LogP contribution in [-0.4, -0.2) is 21.5 Å². The van der Waals surface area contributed by atoms with Crippen LogP contribution in [0, 0.1) is 10.1 Å². The van der Waals surface area contributed by atoms with E-state index in [-0.39, 0.29) is 11.3 Å². The van der Waals surface area contributed by atoms with Gasteiger partial charge in [-0.05, 0) is 24.3 Å². The highest BCUT2D eigenvalue weighted by Crippen LogP contribution is 2.12. The molecule has 1 amide bonds. The van der Waals surface area contributed by atoms with E-state index >= 15 is 0 Å². The van der Waals surface area contributed by atoms with Crippen molar-refractivity contribution < 1.29 is 9.72 Å². The van der Waals surface area contributed by atoms with E-state index in [1.165, 1.54) is 24.3 Å². The zero-order valence-electron chi connectivity index (χ0n) is 13.6. The van der Waals surface area contributed by atoms with E-state index in [0.29, 0.717) is 11.4 Å². The zero-order chi connectivity index (χ0) is 18.4. The normalized spacial score (nSPS) is 11.0. The number of hydrogen-bond acceptors (Lipinski definition) is 5. The SMILES string of the molecule is O=C(N/N=C(/c1ccccc1)c1ccccn1)c1ccc([N+](=O)[O-])cc1. The van der Waals surface area contributed by atoms with Crippen LogP contribution >= 0.6 is 0 Å². The monoisotopic (exact) mass is 346 g/mol. The van der Waals surface area contributed by atoms with Gasteiger partial charge < -0.3 is 0 Å². The fourth-order valence-corrected chi connectivity index (χ4v) is 2.27. The van der Waals surface area contributed by atoms with E-state index in [1.54, 1.807) is 18.3 Å². The summed E-state index contributed by atoms with van der Waals surface area (Å²) >= 11 is 0. The Balaban J connectivity index is 1.86. The molecule has 0 aliphatic carbocycles. The second-order valence-corrected chi connectivity index (χ2v) is 5.29. The standard InChI is InChI=1S/C19H14N4O3/c24-19(15-9-11-16(12-10-15)23(25)26)22-21-18(14-6-2-1-3-7-14)17-8-4-5-13-20-17/h1-13H,(H,22,24)/b21-18-. The number of carbonyl (C=O) groups is 1. The third-order valence-corrected chi connectivity index (χ3v) is 3.56. The summed E-state index contributed by atoms with van der Waals surface area (Å²) in [4.78, 5) is 26.7. The van der Waals surface area contributed by atoms with E-state index in [2.05, 4.69) is 15.5 Å². The second-order valence-electron chi connectivity index (χ2n) is 5.29. The lowest BCUT2D eigenvalue weighted by Gasteiger charge is -2.07. The van der Waals surface area contributed by atoms with Gasteiger partial charge in [0.1, 0.15) is 5.71 Å². The molecular weight excluding hydrogens is 332 g/mol. The number of rotatable bonds is 5. The summed E-state index contributed by atoms with van der Waals surface area (Å²) in [7, 11) is 0. The lowest BCUT2D eigenvalue weighted by Crippen LogP contribution is -2.21. The van der Waals surface area contributed by atoms with Gasteiger partial charge in [0.25, 0.3) is 11.6 Å². The number of non-ortho nitro benzene ring substituents is 1. The van der Waals surface area contributed by atoms with Crippen LogP contribution in [0.1, 0.15) is 21.6 Å². The van der Waals surface area contributed by atoms with Gasteiger partial charge in [0, 0.05) is 29.5 Å². The second kappa shape index (κ2) is 7.80. The van der Waals surface area contributed by atoms with Crippen molar-refractivity contribution in [1.29, 1.82) is 0 Å². The van der Waals surface area contributed by atoms with Crippen molar-refractivity contribution >= 4 is 17.3 Å². The Morgan fingerprint density at radius 2 is 1.62 bits per heavy atom. The van der Waals surface area contributed by atoms with E-state index in [4.69, 9.17) is 0 Å². The number of nitro benzene ring substituents is 1. The number of carbonyl (C=O) groups excluding carboxylic acids is 1. The van der Waals surface area contributed by atoms with Crippen molar-refractivity contribution in [2.75, 3.05) is 0 Å². The van der Waals surface area contributed by atoms with Crippen molar-refractivity contribution in [3.8, 4) is 0 Å². The van der Waals surface area contributed by atoms with Crippen molar-refractivity contribution in [3.05, 3.63) is 106 Å². The highest BCUT2D eigenvalue weighted by molar-refractivity contribution is 6.12. The number of hydrazone groups is 1. The predicted octanol–water partition coefficient (Wildman–Crippen LogP) is 3.17. The van der Waals surface area contributed by atoms with Gasteiger partial charge in [-0.25, -0.2) is 5.43 Å². The molecular formula is C19H14N4O3. The average molecular weight is 346 g/mol. The summed E-state index contributed by atoms with van der Waals surface area (Å²) < 4.78 is 0. The Hall–Kier alpha value is -3.87. The summed E-state index contributed by atoms with van der Waals surface area (Å²) in [6, 6.07) is 20.1. The van der Waals surface area contributed by atoms with E-state index in [0.717, 1.165) is 5.56 Å². The Morgan fingerprint density at radius 1 is 0.923 bits per heavy atom. The van der Waals surface area contributed by atoms with Crippen LogP contribution in [0.15, 0.2) is 84.1 Å². The number of benzene rings is 2. The predicted molar refractivity (Wildman–Crippen MR) is 96.9 cm³/mol. The first-order chi connectivity index (χ1) is 12.6. The molecule has 3 aromatic rings. The smallest absolute Gasteiger partial charge is 0.267 e. The fraction of sp³-hybridized carbons (Fsp3) is 0. The van der Waals surface area contributed by atoms with Crippen LogP contribution in [0.3, 0.4) is 0 Å². The summed E-state index contributed by atoms with van der Waals surface area (Å²) in [5, 5.41) is 14.9. The summed E-state index contributed by atoms with van der Waals surface area (Å²) in [6.45, 7) is 0. The molecule has 0 saturated heterocycles. The minimum absolute atomic E-state index is 0.0801. The van der Waals surface area contributed by atoms with Crippen molar-refractivity contribution in [1.82, 2.24) is 10.4 Å². The third kappa shape index (κ3) is 3.96. The molecule has 0 radical (unpaired) electrons. The first-order valence-corrected chi connectivity index (χ1v) is 7.74. The van der Waals surface area contributed by atoms with Gasteiger partial charge in [0.15, 0.2) is 0 Å². The number of hydrogen-bond donors (Lipinski definition) is 1. The topological polar surface area (TPSA) is 97.5 Å². The molecule has 7 heteroatoms. The molecule has 7 nitrogen and oxygen atoms in total. The largest absolute Gasteiger partial charge is 0.271 e. The lowest BCUT2D eigenvalue weighted by molar-refractivity contribution is -0.384. The zero-order valence-corrected chi connectivity index (χ0v) is 13.6. The van der Waals surface area contributed by atoms with Crippen LogP contribution in [0.5, 0.6) is 0 Å². The first kappa shape index (κ1) is 17.0. The van der Waals surface area contributed by atoms with Crippen molar-refractivity contribution in [2.24, 2.45) is 5.10 Å². The van der Waals surface area contributed by atoms with Gasteiger partial charge in [0.2, 0.25) is 0 Å². The molecule has 1 aromatic heterocycles. The molecule has 0 bridgehead atoms. The van der Waals surface area contributed by atoms with Crippen LogP contribution < -0.4 is 5.43 Å². The maximum absolute atomic E-state index is 12.3. The molecule has 1 N–H and O–H groups in total. The molecule has 0 aliphatic rings. The average Bonchev–Trinajstić information content (AvgIpc) is 2.69. The Kier molecular flexibility index (Phi) is 5.09. The Morgan fingerprint density at radius 3 is 2.23 bits per heavy atom. The molecule has 0 aliphatic heterocycles. The number of amides is 1. The molecule has 2 aromatic carbocycles. The Labute approximate surface area is 149 Å². The molecule has 26 heavy (non-hydrogen) atoms. The molecule has 128 valence electrons. The molecule has 0 fully saturated rings. The van der Waals surface area contributed by atoms with Gasteiger partial charge in [-0.2, -0.15) is 5.10 Å². The lowest BCUT2D eigenvalue weighted by atomic mass is 10.1. The van der Waals surface area contributed by atoms with E-state index < -0.39 is 10.8 Å². The number of aromatic nitrogens is 1. The van der Waals surface area contributed by atoms with Gasteiger partial charge in [-0.15, -0.1) is 0 Å². The highest BCUT2D eigenvalue weighted by Gasteiger charge is 2.11.